The summed E-state index contributed by atoms with van der Waals surface area (Å²) >= 11 is 3.96. The Kier molecular flexibility index (Phi) is 6.18. The number of fused-ring (bicyclic) bond motifs is 3. The Morgan fingerprint density at radius 2 is 1.71 bits per heavy atom. The molecule has 8 heteroatoms. The van der Waals surface area contributed by atoms with Gasteiger partial charge in [-0.05, 0) is 35.1 Å². The van der Waals surface area contributed by atoms with Gasteiger partial charge in [0.15, 0.2) is 0 Å². The number of benzene rings is 2. The highest BCUT2D eigenvalue weighted by Gasteiger charge is 2.37. The minimum atomic E-state index is -1.16. The van der Waals surface area contributed by atoms with E-state index in [0.29, 0.717) is 19.4 Å². The number of aliphatic carboxylic acids is 1. The fourth-order valence-corrected chi connectivity index (χ4v) is 4.64. The van der Waals surface area contributed by atoms with E-state index in [2.05, 4.69) is 30.1 Å². The number of carbonyl (C=O) groups excluding carboxylic acids is 2. The molecule has 2 amide bonds. The average Bonchev–Trinajstić information content (AvgIpc) is 3.39. The number of carbonyl (C=O) groups is 3. The first-order chi connectivity index (χ1) is 15.0. The van der Waals surface area contributed by atoms with E-state index < -0.39 is 30.1 Å². The van der Waals surface area contributed by atoms with Crippen LogP contribution in [0.4, 0.5) is 4.79 Å². The first-order valence-corrected chi connectivity index (χ1v) is 10.9. The van der Waals surface area contributed by atoms with Crippen LogP contribution in [0.3, 0.4) is 0 Å². The number of carboxylic acid groups (broad SMARTS) is 1. The number of likely N-dealkylation sites (tertiary alicyclic amines) is 1. The maximum absolute atomic E-state index is 12.8. The molecule has 1 heterocycles. The zero-order valence-electron chi connectivity index (χ0n) is 16.9. The Hall–Kier alpha value is -3.00. The molecule has 2 aromatic rings. The lowest BCUT2D eigenvalue weighted by Gasteiger charge is -2.25. The maximum atomic E-state index is 12.8. The molecule has 0 unspecified atom stereocenters. The van der Waals surface area contributed by atoms with Crippen LogP contribution in [0.1, 0.15) is 29.9 Å². The second-order valence-electron chi connectivity index (χ2n) is 7.74. The van der Waals surface area contributed by atoms with Crippen LogP contribution in [-0.2, 0) is 14.3 Å². The third-order valence-corrected chi connectivity index (χ3v) is 6.29. The lowest BCUT2D eigenvalue weighted by Crippen LogP contribution is -2.51. The molecule has 1 aliphatic heterocycles. The van der Waals surface area contributed by atoms with Crippen LogP contribution in [0.2, 0.25) is 0 Å². The van der Waals surface area contributed by atoms with Gasteiger partial charge < -0.3 is 15.2 Å². The van der Waals surface area contributed by atoms with Gasteiger partial charge in [0.2, 0.25) is 5.91 Å². The van der Waals surface area contributed by atoms with Crippen LogP contribution in [0.15, 0.2) is 48.5 Å². The summed E-state index contributed by atoms with van der Waals surface area (Å²) in [5.74, 6) is -1.74. The summed E-state index contributed by atoms with van der Waals surface area (Å²) in [6.45, 7) is 0.569. The van der Waals surface area contributed by atoms with Crippen molar-refractivity contribution in [1.29, 1.82) is 0 Å². The van der Waals surface area contributed by atoms with E-state index in [0.717, 1.165) is 22.3 Å². The Labute approximate surface area is 185 Å². The Morgan fingerprint density at radius 3 is 2.29 bits per heavy atom. The lowest BCUT2D eigenvalue weighted by molar-refractivity contribution is -0.141. The van der Waals surface area contributed by atoms with Gasteiger partial charge in [-0.1, -0.05) is 48.5 Å². The van der Waals surface area contributed by atoms with Crippen LogP contribution in [0.5, 0.6) is 0 Å². The summed E-state index contributed by atoms with van der Waals surface area (Å²) < 4.78 is 5.66. The number of nitrogens with one attached hydrogen (secondary N) is 1. The van der Waals surface area contributed by atoms with Crippen LogP contribution in [-0.4, -0.2) is 59.0 Å². The zero-order valence-corrected chi connectivity index (χ0v) is 17.8. The number of carboxylic acids is 1. The van der Waals surface area contributed by atoms with Crippen molar-refractivity contribution in [2.75, 3.05) is 18.9 Å². The molecule has 0 aromatic heterocycles. The van der Waals surface area contributed by atoms with Gasteiger partial charge in [0.05, 0.1) is 0 Å². The van der Waals surface area contributed by atoms with Crippen LogP contribution < -0.4 is 5.32 Å². The first kappa shape index (κ1) is 21.2. The van der Waals surface area contributed by atoms with Crippen LogP contribution in [0.25, 0.3) is 11.1 Å². The van der Waals surface area contributed by atoms with Crippen molar-refractivity contribution in [3.8, 4) is 11.1 Å². The van der Waals surface area contributed by atoms with Crippen molar-refractivity contribution in [3.05, 3.63) is 59.7 Å². The third kappa shape index (κ3) is 4.12. The third-order valence-electron chi connectivity index (χ3n) is 5.92. The highest BCUT2D eigenvalue weighted by atomic mass is 32.1. The molecule has 2 atom stereocenters. The van der Waals surface area contributed by atoms with Crippen molar-refractivity contribution >= 4 is 30.6 Å². The molecule has 2 N–H and O–H groups in total. The van der Waals surface area contributed by atoms with E-state index in [4.69, 9.17) is 9.84 Å². The minimum absolute atomic E-state index is 0.0290. The summed E-state index contributed by atoms with van der Waals surface area (Å²) in [4.78, 5) is 38.0. The van der Waals surface area contributed by atoms with Gasteiger partial charge in [0.1, 0.15) is 18.7 Å². The van der Waals surface area contributed by atoms with Gasteiger partial charge in [-0.2, -0.15) is 12.6 Å². The fraction of sp³-hybridized carbons (Fsp3) is 0.348. The standard InChI is InChI=1S/C23H24N2O5S/c26-21(24-19(13-31)22(27)28)20-10-5-11-25(20)23(29)30-12-18-16-8-3-1-6-14(16)15-7-2-4-9-17(15)18/h1-4,6-9,18-20,31H,5,10-13H2,(H,24,26)(H,27,28)/t19-,20-/m0/s1. The predicted molar refractivity (Wildman–Crippen MR) is 118 cm³/mol. The normalized spacial score (nSPS) is 18.2. The highest BCUT2D eigenvalue weighted by Crippen LogP contribution is 2.44. The van der Waals surface area contributed by atoms with Gasteiger partial charge in [0.25, 0.3) is 0 Å². The molecule has 162 valence electrons. The number of ether oxygens (including phenoxy) is 1. The van der Waals surface area contributed by atoms with Crippen molar-refractivity contribution in [2.45, 2.75) is 30.8 Å². The number of thiol groups is 1. The molecular weight excluding hydrogens is 416 g/mol. The summed E-state index contributed by atoms with van der Waals surface area (Å²) in [5.41, 5.74) is 4.52. The van der Waals surface area contributed by atoms with E-state index in [9.17, 15) is 14.4 Å². The van der Waals surface area contributed by atoms with E-state index in [1.165, 1.54) is 4.90 Å². The summed E-state index contributed by atoms with van der Waals surface area (Å²) in [5, 5.41) is 11.6. The molecule has 0 bridgehead atoms. The summed E-state index contributed by atoms with van der Waals surface area (Å²) in [6.07, 6.45) is 0.563. The molecule has 31 heavy (non-hydrogen) atoms. The maximum Gasteiger partial charge on any atom is 0.410 e. The molecule has 0 saturated carbocycles. The van der Waals surface area contributed by atoms with Crippen molar-refractivity contribution in [3.63, 3.8) is 0 Å². The van der Waals surface area contributed by atoms with Crippen LogP contribution in [0, 0.1) is 0 Å². The van der Waals surface area contributed by atoms with E-state index in [1.54, 1.807) is 0 Å². The number of hydrogen-bond acceptors (Lipinski definition) is 5. The number of amides is 2. The van der Waals surface area contributed by atoms with Gasteiger partial charge >= 0.3 is 12.1 Å². The second-order valence-corrected chi connectivity index (χ2v) is 8.10. The molecule has 4 rings (SSSR count). The molecule has 1 fully saturated rings. The molecule has 2 aromatic carbocycles. The SMILES string of the molecule is O=C(O)[C@H](CS)NC(=O)[C@@H]1CCCN1C(=O)OCC1c2ccccc2-c2ccccc21. The number of rotatable bonds is 6. The highest BCUT2D eigenvalue weighted by molar-refractivity contribution is 7.80. The second kappa shape index (κ2) is 9.01. The van der Waals surface area contributed by atoms with Crippen molar-refractivity contribution in [1.82, 2.24) is 10.2 Å². The smallest absolute Gasteiger partial charge is 0.410 e. The molecule has 7 nitrogen and oxygen atoms in total. The quantitative estimate of drug-likeness (QED) is 0.601. The Balaban J connectivity index is 1.44. The largest absolute Gasteiger partial charge is 0.480 e. The molecule has 0 spiro atoms. The molecule has 1 saturated heterocycles. The van der Waals surface area contributed by atoms with Gasteiger partial charge in [-0.3, -0.25) is 9.69 Å². The predicted octanol–water partition coefficient (Wildman–Crippen LogP) is 2.90. The minimum Gasteiger partial charge on any atom is -0.480 e. The Morgan fingerprint density at radius 1 is 1.10 bits per heavy atom. The summed E-state index contributed by atoms with van der Waals surface area (Å²) in [7, 11) is 0. The topological polar surface area (TPSA) is 95.9 Å². The zero-order chi connectivity index (χ0) is 22.0. The van der Waals surface area contributed by atoms with Crippen molar-refractivity contribution in [2.24, 2.45) is 0 Å². The molecule has 1 aliphatic carbocycles. The fourth-order valence-electron chi connectivity index (χ4n) is 4.39. The van der Waals surface area contributed by atoms with Gasteiger partial charge in [0, 0.05) is 18.2 Å². The van der Waals surface area contributed by atoms with E-state index in [1.807, 2.05) is 36.4 Å². The molecular formula is C23H24N2O5S. The first-order valence-electron chi connectivity index (χ1n) is 10.3. The monoisotopic (exact) mass is 440 g/mol. The van der Waals surface area contributed by atoms with Crippen molar-refractivity contribution < 1.29 is 24.2 Å². The van der Waals surface area contributed by atoms with Gasteiger partial charge in [-0.15, -0.1) is 0 Å². The average molecular weight is 441 g/mol. The van der Waals surface area contributed by atoms with E-state index >= 15 is 0 Å². The van der Waals surface area contributed by atoms with E-state index in [-0.39, 0.29) is 18.3 Å². The number of hydrogen-bond donors (Lipinski definition) is 3. The Bertz CT molecular complexity index is 965. The van der Waals surface area contributed by atoms with Gasteiger partial charge in [-0.25, -0.2) is 9.59 Å². The lowest BCUT2D eigenvalue weighted by atomic mass is 9.98. The molecule has 0 radical (unpaired) electrons. The van der Waals surface area contributed by atoms with Crippen LogP contribution >= 0.6 is 12.6 Å². The summed E-state index contributed by atoms with van der Waals surface area (Å²) in [6, 6.07) is 14.3. The molecule has 2 aliphatic rings. The number of nitrogens with zero attached hydrogens (tertiary/aromatic N) is 1.